The highest BCUT2D eigenvalue weighted by Gasteiger charge is 2.24. The molecule has 0 saturated heterocycles. The number of imidazole rings is 1. The molecule has 1 aliphatic heterocycles. The van der Waals surface area contributed by atoms with Crippen LogP contribution in [0.4, 0.5) is 5.69 Å². The summed E-state index contributed by atoms with van der Waals surface area (Å²) in [4.78, 5) is 13.3. The molecule has 0 atom stereocenters. The molecule has 3 aromatic rings. The lowest BCUT2D eigenvalue weighted by molar-refractivity contribution is 0.523. The molecule has 2 aromatic heterocycles. The van der Waals surface area contributed by atoms with E-state index in [1.165, 1.54) is 76.0 Å². The molecule has 1 fully saturated rings. The molecule has 1 aromatic carbocycles. The predicted molar refractivity (Wildman–Crippen MR) is 144 cm³/mol. The quantitative estimate of drug-likeness (QED) is 0.394. The van der Waals surface area contributed by atoms with Crippen molar-refractivity contribution in [3.63, 3.8) is 0 Å². The lowest BCUT2D eigenvalue weighted by atomic mass is 9.89. The third-order valence-corrected chi connectivity index (χ3v) is 8.01. The molecule has 3 N–H and O–H groups in total. The molecule has 6 rings (SSSR count). The Morgan fingerprint density at radius 1 is 1.11 bits per heavy atom. The van der Waals surface area contributed by atoms with Gasteiger partial charge in [0.05, 0.1) is 5.69 Å². The molecule has 2 aliphatic carbocycles. The van der Waals surface area contributed by atoms with Crippen LogP contribution in [0.3, 0.4) is 0 Å². The van der Waals surface area contributed by atoms with Crippen molar-refractivity contribution in [3.8, 4) is 11.1 Å². The average Bonchev–Trinajstić information content (AvgIpc) is 3.57. The summed E-state index contributed by atoms with van der Waals surface area (Å²) in [5, 5.41) is 7.40. The normalized spacial score (nSPS) is 17.4. The van der Waals surface area contributed by atoms with Gasteiger partial charge in [0.2, 0.25) is 0 Å². The summed E-state index contributed by atoms with van der Waals surface area (Å²) >= 11 is 0. The number of rotatable bonds is 6. The van der Waals surface area contributed by atoms with E-state index in [1.54, 1.807) is 0 Å². The monoisotopic (exact) mass is 465 g/mol. The third-order valence-electron chi connectivity index (χ3n) is 8.01. The topological polar surface area (TPSA) is 65.6 Å². The summed E-state index contributed by atoms with van der Waals surface area (Å²) in [7, 11) is 0. The Bertz CT molecular complexity index is 1310. The number of aromatic nitrogens is 3. The van der Waals surface area contributed by atoms with Crippen molar-refractivity contribution < 1.29 is 0 Å². The molecule has 0 unspecified atom stereocenters. The first-order valence-corrected chi connectivity index (χ1v) is 13.2. The average molecular weight is 466 g/mol. The van der Waals surface area contributed by atoms with Crippen molar-refractivity contribution in [2.75, 3.05) is 11.9 Å². The van der Waals surface area contributed by atoms with E-state index in [4.69, 9.17) is 4.98 Å². The van der Waals surface area contributed by atoms with Crippen LogP contribution in [0.1, 0.15) is 79.4 Å². The minimum atomic E-state index is 0.655. The summed E-state index contributed by atoms with van der Waals surface area (Å²) < 4.78 is 0. The van der Waals surface area contributed by atoms with Crippen LogP contribution in [0.15, 0.2) is 42.2 Å². The van der Waals surface area contributed by atoms with Gasteiger partial charge in [-0.25, -0.2) is 4.98 Å². The number of benzene rings is 1. The van der Waals surface area contributed by atoms with Crippen LogP contribution in [-0.2, 0) is 13.0 Å². The Hall–Kier alpha value is -3.18. The van der Waals surface area contributed by atoms with Crippen LogP contribution in [0.5, 0.6) is 0 Å². The molecular formula is C30H35N5. The Morgan fingerprint density at radius 2 is 2.00 bits per heavy atom. The van der Waals surface area contributed by atoms with E-state index in [1.807, 2.05) is 12.4 Å². The summed E-state index contributed by atoms with van der Waals surface area (Å²) in [5.41, 5.74) is 12.4. The zero-order valence-electron chi connectivity index (χ0n) is 20.9. The maximum Gasteiger partial charge on any atom is 0.138 e. The third kappa shape index (κ3) is 4.23. The zero-order chi connectivity index (χ0) is 23.8. The molecule has 5 heteroatoms. The second-order valence-electron chi connectivity index (χ2n) is 10.2. The number of anilines is 1. The van der Waals surface area contributed by atoms with E-state index in [-0.39, 0.29) is 0 Å². The van der Waals surface area contributed by atoms with Crippen LogP contribution in [0.2, 0.25) is 0 Å². The molecule has 0 amide bonds. The highest BCUT2D eigenvalue weighted by molar-refractivity contribution is 5.91. The van der Waals surface area contributed by atoms with Gasteiger partial charge >= 0.3 is 0 Å². The molecule has 3 heterocycles. The summed E-state index contributed by atoms with van der Waals surface area (Å²) in [5.74, 6) is 1.00. The lowest BCUT2D eigenvalue weighted by Crippen LogP contribution is -2.25. The smallest absolute Gasteiger partial charge is 0.138 e. The van der Waals surface area contributed by atoms with Gasteiger partial charge in [-0.15, -0.1) is 0 Å². The number of H-pyrrole nitrogens is 1. The van der Waals surface area contributed by atoms with Crippen LogP contribution in [-0.4, -0.2) is 27.5 Å². The predicted octanol–water partition coefficient (Wildman–Crippen LogP) is 6.41. The number of allylic oxidation sites excluding steroid dienone is 1. The molecule has 0 radical (unpaired) electrons. The Balaban J connectivity index is 1.37. The lowest BCUT2D eigenvalue weighted by Gasteiger charge is -2.24. The van der Waals surface area contributed by atoms with Crippen molar-refractivity contribution >= 4 is 17.3 Å². The highest BCUT2D eigenvalue weighted by Crippen LogP contribution is 2.39. The van der Waals surface area contributed by atoms with Gasteiger partial charge in [-0.05, 0) is 79.5 Å². The minimum Gasteiger partial charge on any atom is -0.381 e. The maximum atomic E-state index is 5.02. The summed E-state index contributed by atoms with van der Waals surface area (Å²) in [6.45, 7) is 6.23. The molecule has 0 spiro atoms. The standard InChI is InChI=1S/C30H35N5/c1-3-20-16-33-26-13-12-21(14-24(26)29(20)30-34-27-10-6-7-11-28(27)35-30)25-18-31-15-22(19(25)2)17-32-23-8-4-5-9-23/h6,10,12-15,18,23,32-33H,3-5,7-9,11,16-17H2,1-2H3,(H,34,35). The highest BCUT2D eigenvalue weighted by atomic mass is 15.0. The van der Waals surface area contributed by atoms with Gasteiger partial charge in [0.15, 0.2) is 0 Å². The molecule has 3 aliphatic rings. The van der Waals surface area contributed by atoms with Crippen LogP contribution in [0, 0.1) is 6.92 Å². The van der Waals surface area contributed by atoms with E-state index in [2.05, 4.69) is 64.8 Å². The molecule has 0 bridgehead atoms. The van der Waals surface area contributed by atoms with Crippen LogP contribution in [0.25, 0.3) is 22.8 Å². The molecule has 35 heavy (non-hydrogen) atoms. The molecule has 1 saturated carbocycles. The number of pyridine rings is 1. The van der Waals surface area contributed by atoms with Gasteiger partial charge in [-0.1, -0.05) is 31.9 Å². The summed E-state index contributed by atoms with van der Waals surface area (Å²) in [6.07, 6.45) is 16.8. The van der Waals surface area contributed by atoms with Gasteiger partial charge in [0, 0.05) is 59.6 Å². The van der Waals surface area contributed by atoms with Gasteiger partial charge in [-0.2, -0.15) is 0 Å². The maximum absolute atomic E-state index is 5.02. The minimum absolute atomic E-state index is 0.655. The van der Waals surface area contributed by atoms with Crippen molar-refractivity contribution in [2.45, 2.75) is 71.4 Å². The molecular weight excluding hydrogens is 430 g/mol. The zero-order valence-corrected chi connectivity index (χ0v) is 20.9. The number of nitrogens with zero attached hydrogens (tertiary/aromatic N) is 2. The van der Waals surface area contributed by atoms with E-state index in [0.29, 0.717) is 6.04 Å². The Labute approximate surface area is 208 Å². The fourth-order valence-electron chi connectivity index (χ4n) is 5.86. The number of hydrogen-bond donors (Lipinski definition) is 3. The molecule has 5 nitrogen and oxygen atoms in total. The first kappa shape index (κ1) is 22.3. The fourth-order valence-corrected chi connectivity index (χ4v) is 5.86. The van der Waals surface area contributed by atoms with Crippen molar-refractivity contribution in [1.82, 2.24) is 20.3 Å². The Kier molecular flexibility index (Phi) is 6.03. The number of aromatic amines is 1. The number of aryl methyl sites for hydroxylation is 1. The van der Waals surface area contributed by atoms with Crippen LogP contribution < -0.4 is 10.6 Å². The van der Waals surface area contributed by atoms with E-state index in [0.717, 1.165) is 43.9 Å². The Morgan fingerprint density at radius 3 is 2.83 bits per heavy atom. The van der Waals surface area contributed by atoms with E-state index >= 15 is 0 Å². The number of hydrogen-bond acceptors (Lipinski definition) is 4. The SMILES string of the molecule is CCC1=C(c2nc3c([nH]2)CCC=C3)c2cc(-c3cncc(CNC4CCCC4)c3C)ccc2NC1. The second kappa shape index (κ2) is 9.46. The molecule has 180 valence electrons. The van der Waals surface area contributed by atoms with Gasteiger partial charge in [0.25, 0.3) is 0 Å². The van der Waals surface area contributed by atoms with Crippen molar-refractivity contribution in [1.29, 1.82) is 0 Å². The van der Waals surface area contributed by atoms with Crippen molar-refractivity contribution in [2.24, 2.45) is 0 Å². The van der Waals surface area contributed by atoms with E-state index in [9.17, 15) is 0 Å². The first-order chi connectivity index (χ1) is 17.2. The summed E-state index contributed by atoms with van der Waals surface area (Å²) in [6, 6.07) is 7.45. The van der Waals surface area contributed by atoms with Crippen LogP contribution >= 0.6 is 0 Å². The van der Waals surface area contributed by atoms with Gasteiger partial charge in [-0.3, -0.25) is 4.98 Å². The largest absolute Gasteiger partial charge is 0.381 e. The second-order valence-corrected chi connectivity index (χ2v) is 10.2. The first-order valence-electron chi connectivity index (χ1n) is 13.2. The van der Waals surface area contributed by atoms with E-state index < -0.39 is 0 Å². The van der Waals surface area contributed by atoms with Gasteiger partial charge < -0.3 is 15.6 Å². The number of nitrogens with one attached hydrogen (secondary N) is 3. The van der Waals surface area contributed by atoms with Gasteiger partial charge in [0.1, 0.15) is 5.82 Å². The number of fused-ring (bicyclic) bond motifs is 2. The van der Waals surface area contributed by atoms with Crippen molar-refractivity contribution in [3.05, 3.63) is 76.1 Å². The fraction of sp³-hybridized carbons (Fsp3) is 0.400.